The monoisotopic (exact) mass is 236 g/mol. The zero-order chi connectivity index (χ0) is 12.8. The average molecular weight is 236 g/mol. The van der Waals surface area contributed by atoms with E-state index in [9.17, 15) is 5.11 Å². The third-order valence-corrected chi connectivity index (χ3v) is 4.60. The van der Waals surface area contributed by atoms with E-state index in [1.165, 1.54) is 38.5 Å². The first-order valence-corrected chi connectivity index (χ1v) is 7.34. The molecule has 0 saturated heterocycles. The Hall–Kier alpha value is -0.480. The van der Waals surface area contributed by atoms with Crippen molar-refractivity contribution in [3.8, 4) is 12.3 Å². The standard InChI is InChI=1S/C16H28O/c1-4-7-9-11-15(12-10-8-5-2)13-14-16(15,17)6-3/h3,17H,4-5,7-14H2,1-2H3. The lowest BCUT2D eigenvalue weighted by molar-refractivity contribution is -0.134. The predicted octanol–water partition coefficient (Wildman–Crippen LogP) is 4.29. The molecule has 1 nitrogen and oxygen atoms in total. The molecule has 0 bridgehead atoms. The van der Waals surface area contributed by atoms with Crippen LogP contribution in [0.1, 0.15) is 78.1 Å². The number of hydrogen-bond donors (Lipinski definition) is 1. The second-order valence-electron chi connectivity index (χ2n) is 5.70. The first-order chi connectivity index (χ1) is 8.14. The molecule has 98 valence electrons. The fraction of sp³-hybridized carbons (Fsp3) is 0.875. The number of hydrogen-bond acceptors (Lipinski definition) is 1. The molecule has 1 N–H and O–H groups in total. The summed E-state index contributed by atoms with van der Waals surface area (Å²) < 4.78 is 0. The van der Waals surface area contributed by atoms with Gasteiger partial charge in [-0.3, -0.25) is 0 Å². The largest absolute Gasteiger partial charge is 0.377 e. The lowest BCUT2D eigenvalue weighted by Gasteiger charge is -2.54. The van der Waals surface area contributed by atoms with E-state index in [1.54, 1.807) is 0 Å². The molecule has 0 aromatic carbocycles. The van der Waals surface area contributed by atoms with E-state index in [2.05, 4.69) is 19.8 Å². The maximum atomic E-state index is 10.5. The van der Waals surface area contributed by atoms with Crippen molar-refractivity contribution in [2.75, 3.05) is 0 Å². The van der Waals surface area contributed by atoms with Gasteiger partial charge in [-0.25, -0.2) is 0 Å². The number of unbranched alkanes of at least 4 members (excludes halogenated alkanes) is 4. The molecule has 0 heterocycles. The van der Waals surface area contributed by atoms with Crippen molar-refractivity contribution in [3.05, 3.63) is 0 Å². The Morgan fingerprint density at radius 1 is 1.00 bits per heavy atom. The molecule has 0 aromatic heterocycles. The van der Waals surface area contributed by atoms with Gasteiger partial charge in [0.05, 0.1) is 0 Å². The third-order valence-electron chi connectivity index (χ3n) is 4.60. The predicted molar refractivity (Wildman–Crippen MR) is 73.7 cm³/mol. The maximum Gasteiger partial charge on any atom is 0.130 e. The van der Waals surface area contributed by atoms with Crippen molar-refractivity contribution in [1.29, 1.82) is 0 Å². The maximum absolute atomic E-state index is 10.5. The Labute approximate surface area is 107 Å². The first kappa shape index (κ1) is 14.6. The van der Waals surface area contributed by atoms with Crippen LogP contribution in [0.4, 0.5) is 0 Å². The van der Waals surface area contributed by atoms with E-state index in [0.717, 1.165) is 25.7 Å². The fourth-order valence-electron chi connectivity index (χ4n) is 3.16. The van der Waals surface area contributed by atoms with Crippen molar-refractivity contribution in [2.45, 2.75) is 83.7 Å². The summed E-state index contributed by atoms with van der Waals surface area (Å²) in [6, 6.07) is 0. The smallest absolute Gasteiger partial charge is 0.130 e. The second-order valence-corrected chi connectivity index (χ2v) is 5.70. The van der Waals surface area contributed by atoms with Crippen molar-refractivity contribution in [1.82, 2.24) is 0 Å². The summed E-state index contributed by atoms with van der Waals surface area (Å²) >= 11 is 0. The zero-order valence-corrected chi connectivity index (χ0v) is 11.6. The summed E-state index contributed by atoms with van der Waals surface area (Å²) in [6.07, 6.45) is 17.1. The fourth-order valence-corrected chi connectivity index (χ4v) is 3.16. The topological polar surface area (TPSA) is 20.2 Å². The molecule has 1 rings (SSSR count). The molecular formula is C16H28O. The van der Waals surface area contributed by atoms with Gasteiger partial charge in [-0.15, -0.1) is 6.42 Å². The van der Waals surface area contributed by atoms with E-state index in [1.807, 2.05) is 0 Å². The molecule has 1 unspecified atom stereocenters. The van der Waals surface area contributed by atoms with Gasteiger partial charge in [0.2, 0.25) is 0 Å². The Bertz CT molecular complexity index is 253. The third kappa shape index (κ3) is 3.05. The van der Waals surface area contributed by atoms with Gasteiger partial charge in [-0.1, -0.05) is 58.3 Å². The molecule has 1 atom stereocenters. The summed E-state index contributed by atoms with van der Waals surface area (Å²) in [5.41, 5.74) is -0.749. The highest BCUT2D eigenvalue weighted by Crippen LogP contribution is 2.56. The first-order valence-electron chi connectivity index (χ1n) is 7.34. The second kappa shape index (κ2) is 6.45. The Morgan fingerprint density at radius 2 is 1.53 bits per heavy atom. The van der Waals surface area contributed by atoms with Crippen LogP contribution in [0.5, 0.6) is 0 Å². The molecule has 1 saturated carbocycles. The van der Waals surface area contributed by atoms with Crippen LogP contribution in [0.2, 0.25) is 0 Å². The Kier molecular flexibility index (Phi) is 5.53. The van der Waals surface area contributed by atoms with Crippen LogP contribution in [-0.4, -0.2) is 10.7 Å². The Balaban J connectivity index is 2.56. The molecule has 0 spiro atoms. The van der Waals surface area contributed by atoms with Crippen molar-refractivity contribution < 1.29 is 5.11 Å². The molecular weight excluding hydrogens is 208 g/mol. The van der Waals surface area contributed by atoms with E-state index in [0.29, 0.717) is 0 Å². The van der Waals surface area contributed by atoms with E-state index < -0.39 is 5.60 Å². The molecule has 1 aliphatic rings. The lowest BCUT2D eigenvalue weighted by atomic mass is 9.53. The van der Waals surface area contributed by atoms with Crippen LogP contribution in [0.25, 0.3) is 0 Å². The van der Waals surface area contributed by atoms with Crippen LogP contribution < -0.4 is 0 Å². The summed E-state index contributed by atoms with van der Waals surface area (Å²) in [4.78, 5) is 0. The molecule has 0 aromatic rings. The number of rotatable bonds is 8. The average Bonchev–Trinajstić information content (AvgIpc) is 2.35. The highest BCUT2D eigenvalue weighted by Gasteiger charge is 2.55. The number of aliphatic hydroxyl groups is 1. The van der Waals surface area contributed by atoms with Gasteiger partial charge in [0.25, 0.3) is 0 Å². The molecule has 17 heavy (non-hydrogen) atoms. The zero-order valence-electron chi connectivity index (χ0n) is 11.6. The highest BCUT2D eigenvalue weighted by molar-refractivity contribution is 5.22. The molecule has 1 aliphatic carbocycles. The number of terminal acetylenes is 1. The lowest BCUT2D eigenvalue weighted by Crippen LogP contribution is -2.56. The molecule has 1 fully saturated rings. The van der Waals surface area contributed by atoms with Crippen LogP contribution in [0, 0.1) is 17.8 Å². The van der Waals surface area contributed by atoms with Gasteiger partial charge in [0, 0.05) is 5.41 Å². The van der Waals surface area contributed by atoms with Crippen molar-refractivity contribution in [2.24, 2.45) is 5.41 Å². The molecule has 0 radical (unpaired) electrons. The van der Waals surface area contributed by atoms with Gasteiger partial charge >= 0.3 is 0 Å². The summed E-state index contributed by atoms with van der Waals surface area (Å²) in [5.74, 6) is 2.68. The van der Waals surface area contributed by atoms with Crippen molar-refractivity contribution >= 4 is 0 Å². The minimum absolute atomic E-state index is 0.0477. The van der Waals surface area contributed by atoms with Crippen LogP contribution >= 0.6 is 0 Å². The van der Waals surface area contributed by atoms with Gasteiger partial charge < -0.3 is 5.11 Å². The summed E-state index contributed by atoms with van der Waals surface area (Å²) in [7, 11) is 0. The summed E-state index contributed by atoms with van der Waals surface area (Å²) in [5, 5.41) is 10.5. The molecule has 1 heteroatoms. The van der Waals surface area contributed by atoms with Crippen LogP contribution in [0.3, 0.4) is 0 Å². The molecule has 0 amide bonds. The van der Waals surface area contributed by atoms with Crippen molar-refractivity contribution in [3.63, 3.8) is 0 Å². The van der Waals surface area contributed by atoms with Crippen LogP contribution in [-0.2, 0) is 0 Å². The Morgan fingerprint density at radius 3 is 1.82 bits per heavy atom. The quantitative estimate of drug-likeness (QED) is 0.492. The highest BCUT2D eigenvalue weighted by atomic mass is 16.3. The minimum Gasteiger partial charge on any atom is -0.377 e. The van der Waals surface area contributed by atoms with Gasteiger partial charge in [0.15, 0.2) is 0 Å². The van der Waals surface area contributed by atoms with E-state index >= 15 is 0 Å². The molecule has 0 aliphatic heterocycles. The SMILES string of the molecule is C#CC1(O)CCC1(CCCCC)CCCCC. The van der Waals surface area contributed by atoms with Crippen LogP contribution in [0.15, 0.2) is 0 Å². The van der Waals surface area contributed by atoms with E-state index in [4.69, 9.17) is 6.42 Å². The van der Waals surface area contributed by atoms with Gasteiger partial charge in [-0.2, -0.15) is 0 Å². The normalized spacial score (nSPS) is 26.2. The van der Waals surface area contributed by atoms with E-state index in [-0.39, 0.29) is 5.41 Å². The minimum atomic E-state index is -0.797. The summed E-state index contributed by atoms with van der Waals surface area (Å²) in [6.45, 7) is 4.44. The van der Waals surface area contributed by atoms with Gasteiger partial charge in [0.1, 0.15) is 5.60 Å². The van der Waals surface area contributed by atoms with Gasteiger partial charge in [-0.05, 0) is 25.7 Å².